The second-order valence-electron chi connectivity index (χ2n) is 8.65. The highest BCUT2D eigenvalue weighted by atomic mass is 32.2. The Morgan fingerprint density at radius 1 is 1.08 bits per heavy atom. The van der Waals surface area contributed by atoms with Gasteiger partial charge in [-0.15, -0.1) is 0 Å². The van der Waals surface area contributed by atoms with E-state index in [1.807, 2.05) is 13.8 Å². The van der Waals surface area contributed by atoms with Gasteiger partial charge in [-0.2, -0.15) is 0 Å². The summed E-state index contributed by atoms with van der Waals surface area (Å²) in [4.78, 5) is 27.0. The van der Waals surface area contributed by atoms with Gasteiger partial charge in [0.1, 0.15) is 6.54 Å². The smallest absolute Gasteiger partial charge is 0.254 e. The van der Waals surface area contributed by atoms with Crippen LogP contribution in [0.1, 0.15) is 29.8 Å². The summed E-state index contributed by atoms with van der Waals surface area (Å²) in [5.74, 6) is 0.519. The Morgan fingerprint density at radius 3 is 2.33 bits per heavy atom. The summed E-state index contributed by atoms with van der Waals surface area (Å²) < 4.78 is 42.2. The molecule has 0 atom stereocenters. The molecular weight excluding hydrogens is 486 g/mol. The number of hydrogen-bond donors (Lipinski definition) is 1. The quantitative estimate of drug-likeness (QED) is 0.511. The summed E-state index contributed by atoms with van der Waals surface area (Å²) in [5, 5.41) is 2.74. The second kappa shape index (κ2) is 12.1. The van der Waals surface area contributed by atoms with Crippen LogP contribution in [0.25, 0.3) is 0 Å². The summed E-state index contributed by atoms with van der Waals surface area (Å²) >= 11 is 0. The molecular formula is C25H33N3O7S. The van der Waals surface area contributed by atoms with Crippen LogP contribution in [-0.2, 0) is 26.1 Å². The first-order valence-electron chi connectivity index (χ1n) is 11.6. The maximum absolute atomic E-state index is 12.7. The first-order valence-corrected chi connectivity index (χ1v) is 13.5. The minimum absolute atomic E-state index is 0.0158. The van der Waals surface area contributed by atoms with Gasteiger partial charge >= 0.3 is 0 Å². The number of morpholine rings is 1. The number of amides is 2. The van der Waals surface area contributed by atoms with Gasteiger partial charge in [0.2, 0.25) is 15.9 Å². The number of methoxy groups -OCH3 is 1. The van der Waals surface area contributed by atoms with Crippen LogP contribution in [0.15, 0.2) is 42.5 Å². The molecule has 11 heteroatoms. The number of carbonyl (C=O) groups excluding carboxylic acids is 2. The summed E-state index contributed by atoms with van der Waals surface area (Å²) in [7, 11) is -2.22. The number of hydrogen-bond acceptors (Lipinski definition) is 7. The van der Waals surface area contributed by atoms with Gasteiger partial charge in [-0.1, -0.05) is 6.07 Å². The Labute approximate surface area is 212 Å². The van der Waals surface area contributed by atoms with Gasteiger partial charge < -0.3 is 24.4 Å². The lowest BCUT2D eigenvalue weighted by Gasteiger charge is -2.27. The van der Waals surface area contributed by atoms with Crippen molar-refractivity contribution >= 4 is 27.5 Å². The van der Waals surface area contributed by atoms with Crippen LogP contribution in [0.4, 0.5) is 5.69 Å². The first-order chi connectivity index (χ1) is 17.1. The predicted octanol–water partition coefficient (Wildman–Crippen LogP) is 2.04. The van der Waals surface area contributed by atoms with Gasteiger partial charge in [0, 0.05) is 25.2 Å². The molecule has 1 saturated heterocycles. The zero-order valence-corrected chi connectivity index (χ0v) is 21.8. The van der Waals surface area contributed by atoms with Crippen molar-refractivity contribution in [3.8, 4) is 11.5 Å². The van der Waals surface area contributed by atoms with E-state index in [4.69, 9.17) is 14.2 Å². The van der Waals surface area contributed by atoms with Crippen molar-refractivity contribution in [2.75, 3.05) is 50.5 Å². The number of anilines is 1. The molecule has 196 valence electrons. The lowest BCUT2D eigenvalue weighted by molar-refractivity contribution is -0.119. The van der Waals surface area contributed by atoms with E-state index in [2.05, 4.69) is 5.32 Å². The molecule has 2 aromatic rings. The zero-order valence-electron chi connectivity index (χ0n) is 21.0. The van der Waals surface area contributed by atoms with Crippen molar-refractivity contribution in [1.82, 2.24) is 10.2 Å². The molecule has 0 bridgehead atoms. The van der Waals surface area contributed by atoms with Crippen LogP contribution in [-0.4, -0.2) is 77.4 Å². The molecule has 2 aromatic carbocycles. The lowest BCUT2D eigenvalue weighted by atomic mass is 10.1. The van der Waals surface area contributed by atoms with Crippen LogP contribution in [0.5, 0.6) is 11.5 Å². The van der Waals surface area contributed by atoms with E-state index in [0.717, 1.165) is 16.1 Å². The number of nitrogens with zero attached hydrogens (tertiary/aromatic N) is 2. The molecule has 2 amide bonds. The summed E-state index contributed by atoms with van der Waals surface area (Å²) in [6, 6.07) is 11.5. The van der Waals surface area contributed by atoms with Crippen LogP contribution < -0.4 is 19.1 Å². The summed E-state index contributed by atoms with van der Waals surface area (Å²) in [5.41, 5.74) is 1.51. The number of sulfonamides is 1. The average Bonchev–Trinajstić information content (AvgIpc) is 2.86. The Hall–Kier alpha value is -3.31. The Kier molecular flexibility index (Phi) is 9.16. The normalized spacial score (nSPS) is 13.9. The standard InChI is InChI=1S/C25H33N3O7S/c1-18(2)35-22-10-5-19(15-23(22)33-3)16-26-24(29)17-28(36(4,31)32)21-8-6-20(7-9-21)25(30)27-11-13-34-14-12-27/h5-10,15,18H,11-14,16-17H2,1-4H3,(H,26,29). The van der Waals surface area contributed by atoms with E-state index in [9.17, 15) is 18.0 Å². The molecule has 10 nitrogen and oxygen atoms in total. The van der Waals surface area contributed by atoms with Crippen molar-refractivity contribution < 1.29 is 32.2 Å². The highest BCUT2D eigenvalue weighted by Crippen LogP contribution is 2.29. The molecule has 1 heterocycles. The Bertz CT molecular complexity index is 1160. The largest absolute Gasteiger partial charge is 0.493 e. The lowest BCUT2D eigenvalue weighted by Crippen LogP contribution is -2.41. The van der Waals surface area contributed by atoms with Crippen molar-refractivity contribution in [2.45, 2.75) is 26.5 Å². The Balaban J connectivity index is 1.65. The van der Waals surface area contributed by atoms with E-state index in [0.29, 0.717) is 49.1 Å². The topological polar surface area (TPSA) is 114 Å². The van der Waals surface area contributed by atoms with Crippen LogP contribution in [0.2, 0.25) is 0 Å². The highest BCUT2D eigenvalue weighted by Gasteiger charge is 2.23. The molecule has 0 saturated carbocycles. The van der Waals surface area contributed by atoms with E-state index < -0.39 is 22.5 Å². The van der Waals surface area contributed by atoms with Crippen molar-refractivity contribution in [3.05, 3.63) is 53.6 Å². The molecule has 0 spiro atoms. The minimum atomic E-state index is -3.75. The van der Waals surface area contributed by atoms with Gasteiger partial charge in [-0.05, 0) is 55.8 Å². The number of carbonyl (C=O) groups is 2. The SMILES string of the molecule is COc1cc(CNC(=O)CN(c2ccc(C(=O)N3CCOCC3)cc2)S(C)(=O)=O)ccc1OC(C)C. The van der Waals surface area contributed by atoms with E-state index in [-0.39, 0.29) is 18.6 Å². The Morgan fingerprint density at radius 2 is 1.75 bits per heavy atom. The van der Waals surface area contributed by atoms with Crippen molar-refractivity contribution in [3.63, 3.8) is 0 Å². The zero-order chi connectivity index (χ0) is 26.3. The van der Waals surface area contributed by atoms with Gasteiger partial charge in [0.15, 0.2) is 11.5 Å². The van der Waals surface area contributed by atoms with E-state index >= 15 is 0 Å². The highest BCUT2D eigenvalue weighted by molar-refractivity contribution is 7.92. The molecule has 0 aromatic heterocycles. The van der Waals surface area contributed by atoms with Gasteiger partial charge in [0.25, 0.3) is 5.91 Å². The fourth-order valence-corrected chi connectivity index (χ4v) is 4.54. The van der Waals surface area contributed by atoms with Crippen LogP contribution in [0.3, 0.4) is 0 Å². The van der Waals surface area contributed by atoms with Gasteiger partial charge in [-0.25, -0.2) is 8.42 Å². The molecule has 0 aliphatic carbocycles. The predicted molar refractivity (Wildman–Crippen MR) is 136 cm³/mol. The first kappa shape index (κ1) is 27.3. The molecule has 36 heavy (non-hydrogen) atoms. The summed E-state index contributed by atoms with van der Waals surface area (Å²) in [6.45, 7) is 5.61. The molecule has 1 fully saturated rings. The van der Waals surface area contributed by atoms with Crippen molar-refractivity contribution in [2.24, 2.45) is 0 Å². The van der Waals surface area contributed by atoms with E-state index in [1.54, 1.807) is 35.2 Å². The fourth-order valence-electron chi connectivity index (χ4n) is 3.68. The number of ether oxygens (including phenoxy) is 3. The maximum Gasteiger partial charge on any atom is 0.254 e. The maximum atomic E-state index is 12.7. The third kappa shape index (κ3) is 7.34. The monoisotopic (exact) mass is 519 g/mol. The number of benzene rings is 2. The van der Waals surface area contributed by atoms with Crippen LogP contribution >= 0.6 is 0 Å². The molecule has 0 unspecified atom stereocenters. The average molecular weight is 520 g/mol. The van der Waals surface area contributed by atoms with Gasteiger partial charge in [-0.3, -0.25) is 13.9 Å². The second-order valence-corrected chi connectivity index (χ2v) is 10.6. The molecule has 1 aliphatic heterocycles. The summed E-state index contributed by atoms with van der Waals surface area (Å²) in [6.07, 6.45) is 1.02. The molecule has 1 aliphatic rings. The van der Waals surface area contributed by atoms with E-state index in [1.165, 1.54) is 19.2 Å². The van der Waals surface area contributed by atoms with Crippen molar-refractivity contribution in [1.29, 1.82) is 0 Å². The van der Waals surface area contributed by atoms with Gasteiger partial charge in [0.05, 0.1) is 38.4 Å². The molecule has 3 rings (SSSR count). The fraction of sp³-hybridized carbons (Fsp3) is 0.440. The minimum Gasteiger partial charge on any atom is -0.493 e. The molecule has 0 radical (unpaired) electrons. The third-order valence-corrected chi connectivity index (χ3v) is 6.61. The van der Waals surface area contributed by atoms with Crippen LogP contribution in [0, 0.1) is 0 Å². The number of rotatable bonds is 10. The number of nitrogens with one attached hydrogen (secondary N) is 1. The third-order valence-electron chi connectivity index (χ3n) is 5.47. The molecule has 1 N–H and O–H groups in total.